The molecule has 0 N–H and O–H groups in total. The zero-order valence-corrected chi connectivity index (χ0v) is 20.8. The second kappa shape index (κ2) is 11.0. The summed E-state index contributed by atoms with van der Waals surface area (Å²) in [6.07, 6.45) is 16.1. The highest BCUT2D eigenvalue weighted by molar-refractivity contribution is 5.47. The molecule has 2 heterocycles. The van der Waals surface area contributed by atoms with Crippen molar-refractivity contribution in [3.8, 4) is 0 Å². The van der Waals surface area contributed by atoms with Crippen LogP contribution in [0, 0.1) is 0 Å². The number of imidazole rings is 2. The van der Waals surface area contributed by atoms with E-state index in [1.54, 1.807) is 0 Å². The van der Waals surface area contributed by atoms with Crippen molar-refractivity contribution < 1.29 is 43.1 Å². The SMILES string of the molecule is CCc1cc(CC)c(Cn2cc[n+](C)c2)c(CC)c1Cn1cc[n+](C)c1.[Br-].[Br-]. The van der Waals surface area contributed by atoms with Crippen molar-refractivity contribution in [3.63, 3.8) is 0 Å². The van der Waals surface area contributed by atoms with E-state index in [4.69, 9.17) is 0 Å². The number of nitrogens with zero attached hydrogens (tertiary/aromatic N) is 4. The Labute approximate surface area is 190 Å². The van der Waals surface area contributed by atoms with Crippen molar-refractivity contribution in [1.82, 2.24) is 9.13 Å². The smallest absolute Gasteiger partial charge is 0.243 e. The van der Waals surface area contributed by atoms with Gasteiger partial charge in [-0.2, -0.15) is 0 Å². The van der Waals surface area contributed by atoms with Crippen LogP contribution in [0.25, 0.3) is 0 Å². The minimum Gasteiger partial charge on any atom is -1.00 e. The molecule has 0 radical (unpaired) electrons. The first kappa shape index (κ1) is 24.6. The van der Waals surface area contributed by atoms with Crippen molar-refractivity contribution in [3.05, 3.63) is 71.3 Å². The lowest BCUT2D eigenvalue weighted by Crippen LogP contribution is -3.00. The molecule has 0 unspecified atom stereocenters. The number of rotatable bonds is 7. The summed E-state index contributed by atoms with van der Waals surface area (Å²) < 4.78 is 8.80. The number of aromatic nitrogens is 4. The minimum absolute atomic E-state index is 0. The van der Waals surface area contributed by atoms with Gasteiger partial charge in [0, 0.05) is 11.1 Å². The van der Waals surface area contributed by atoms with E-state index in [2.05, 4.69) is 96.6 Å². The number of aryl methyl sites for hydroxylation is 4. The second-order valence-electron chi connectivity index (χ2n) is 7.19. The standard InChI is InChI=1S/C22H32N4.2BrH/c1-6-18-13-19(7-2)22(15-26-12-10-24(5)17-26)20(8-3)21(18)14-25-11-9-23(4)16-25;;/h9-13,16-17H,6-8,14-15H2,1-5H3;2*1H/q+2;;/p-2. The van der Waals surface area contributed by atoms with Gasteiger partial charge in [0.2, 0.25) is 12.7 Å². The van der Waals surface area contributed by atoms with Crippen LogP contribution in [0.3, 0.4) is 0 Å². The van der Waals surface area contributed by atoms with Crippen LogP contribution in [-0.2, 0) is 46.4 Å². The van der Waals surface area contributed by atoms with E-state index < -0.39 is 0 Å². The first-order valence-electron chi connectivity index (χ1n) is 9.73. The van der Waals surface area contributed by atoms with Gasteiger partial charge >= 0.3 is 0 Å². The van der Waals surface area contributed by atoms with Crippen molar-refractivity contribution in [2.45, 2.75) is 53.1 Å². The van der Waals surface area contributed by atoms with E-state index in [-0.39, 0.29) is 34.0 Å². The average Bonchev–Trinajstić information content (AvgIpc) is 3.23. The molecule has 0 fully saturated rings. The monoisotopic (exact) mass is 510 g/mol. The summed E-state index contributed by atoms with van der Waals surface area (Å²) in [6, 6.07) is 2.46. The Bertz CT molecular complexity index is 828. The lowest BCUT2D eigenvalue weighted by Gasteiger charge is -2.19. The first-order valence-corrected chi connectivity index (χ1v) is 9.73. The van der Waals surface area contributed by atoms with Gasteiger partial charge in [-0.25, -0.2) is 18.3 Å². The van der Waals surface area contributed by atoms with Gasteiger partial charge < -0.3 is 34.0 Å². The Balaban J connectivity index is 0.00000196. The third-order valence-corrected chi connectivity index (χ3v) is 5.30. The number of halogens is 2. The third-order valence-electron chi connectivity index (χ3n) is 5.30. The van der Waals surface area contributed by atoms with Crippen LogP contribution in [-0.4, -0.2) is 9.13 Å². The Morgan fingerprint density at radius 2 is 1.11 bits per heavy atom. The fourth-order valence-corrected chi connectivity index (χ4v) is 3.96. The second-order valence-corrected chi connectivity index (χ2v) is 7.19. The summed E-state index contributed by atoms with van der Waals surface area (Å²) in [5, 5.41) is 0. The van der Waals surface area contributed by atoms with Crippen molar-refractivity contribution in [2.75, 3.05) is 0 Å². The van der Waals surface area contributed by atoms with Crippen LogP contribution in [0.1, 0.15) is 48.6 Å². The third kappa shape index (κ3) is 5.35. The predicted octanol–water partition coefficient (Wildman–Crippen LogP) is -3.27. The molecule has 0 aliphatic rings. The van der Waals surface area contributed by atoms with Gasteiger partial charge in [0.15, 0.2) is 0 Å². The molecule has 0 aliphatic carbocycles. The highest BCUT2D eigenvalue weighted by Gasteiger charge is 2.19. The van der Waals surface area contributed by atoms with E-state index in [0.717, 1.165) is 32.4 Å². The van der Waals surface area contributed by atoms with Gasteiger partial charge in [0.25, 0.3) is 0 Å². The van der Waals surface area contributed by atoms with E-state index >= 15 is 0 Å². The summed E-state index contributed by atoms with van der Waals surface area (Å²) in [7, 11) is 4.16. The Morgan fingerprint density at radius 3 is 1.39 bits per heavy atom. The Hall–Kier alpha value is -1.40. The molecule has 0 saturated heterocycles. The Morgan fingerprint density at radius 1 is 0.679 bits per heavy atom. The van der Waals surface area contributed by atoms with Gasteiger partial charge in [-0.15, -0.1) is 0 Å². The largest absolute Gasteiger partial charge is 1.00 e. The molecule has 3 rings (SSSR count). The van der Waals surface area contributed by atoms with E-state index in [9.17, 15) is 0 Å². The van der Waals surface area contributed by atoms with Gasteiger partial charge in [-0.3, -0.25) is 0 Å². The molecular weight excluding hydrogens is 480 g/mol. The fourth-order valence-electron chi connectivity index (χ4n) is 3.96. The Kier molecular flexibility index (Phi) is 9.64. The molecule has 154 valence electrons. The lowest BCUT2D eigenvalue weighted by molar-refractivity contribution is -0.671. The molecule has 0 spiro atoms. The van der Waals surface area contributed by atoms with Crippen LogP contribution >= 0.6 is 0 Å². The molecule has 0 atom stereocenters. The summed E-state index contributed by atoms with van der Waals surface area (Å²) >= 11 is 0. The molecular formula is C22H32Br2N4. The maximum atomic E-state index is 2.46. The molecule has 0 amide bonds. The minimum atomic E-state index is 0. The predicted molar refractivity (Wildman–Crippen MR) is 104 cm³/mol. The van der Waals surface area contributed by atoms with Crippen LogP contribution in [0.15, 0.2) is 43.5 Å². The quantitative estimate of drug-likeness (QED) is 0.296. The lowest BCUT2D eigenvalue weighted by atomic mass is 9.88. The number of hydrogen-bond acceptors (Lipinski definition) is 0. The van der Waals surface area contributed by atoms with E-state index in [1.807, 2.05) is 0 Å². The summed E-state index contributed by atoms with van der Waals surface area (Å²) in [4.78, 5) is 0. The van der Waals surface area contributed by atoms with Crippen LogP contribution < -0.4 is 43.1 Å². The maximum absolute atomic E-state index is 2.46. The highest BCUT2D eigenvalue weighted by Crippen LogP contribution is 2.27. The molecule has 3 aromatic rings. The molecule has 0 saturated carbocycles. The molecule has 6 heteroatoms. The summed E-state index contributed by atoms with van der Waals surface area (Å²) in [5.41, 5.74) is 7.55. The average molecular weight is 512 g/mol. The molecule has 28 heavy (non-hydrogen) atoms. The fraction of sp³-hybridized carbons (Fsp3) is 0.455. The van der Waals surface area contributed by atoms with Gasteiger partial charge in [0.05, 0.1) is 14.1 Å². The van der Waals surface area contributed by atoms with Crippen LogP contribution in [0.4, 0.5) is 0 Å². The molecule has 4 nitrogen and oxygen atoms in total. The summed E-state index contributed by atoms with van der Waals surface area (Å²) in [6.45, 7) is 8.75. The van der Waals surface area contributed by atoms with Crippen molar-refractivity contribution in [1.29, 1.82) is 0 Å². The highest BCUT2D eigenvalue weighted by atomic mass is 79.9. The molecule has 0 aliphatic heterocycles. The van der Waals surface area contributed by atoms with Crippen LogP contribution in [0.5, 0.6) is 0 Å². The molecule has 0 bridgehead atoms. The number of hydrogen-bond donors (Lipinski definition) is 0. The zero-order chi connectivity index (χ0) is 18.7. The van der Waals surface area contributed by atoms with Crippen molar-refractivity contribution in [2.24, 2.45) is 14.1 Å². The van der Waals surface area contributed by atoms with Crippen LogP contribution in [0.2, 0.25) is 0 Å². The molecule has 2 aromatic heterocycles. The van der Waals surface area contributed by atoms with Gasteiger partial charge in [0.1, 0.15) is 37.9 Å². The topological polar surface area (TPSA) is 17.6 Å². The summed E-state index contributed by atoms with van der Waals surface area (Å²) in [5.74, 6) is 0. The van der Waals surface area contributed by atoms with Crippen molar-refractivity contribution >= 4 is 0 Å². The van der Waals surface area contributed by atoms with E-state index in [1.165, 1.54) is 27.8 Å². The molecule has 1 aromatic carbocycles. The normalized spacial score (nSPS) is 10.5. The van der Waals surface area contributed by atoms with E-state index in [0.29, 0.717) is 0 Å². The van der Waals surface area contributed by atoms with Gasteiger partial charge in [-0.05, 0) is 36.0 Å². The van der Waals surface area contributed by atoms with Gasteiger partial charge in [-0.1, -0.05) is 26.8 Å². The number of benzene rings is 1. The first-order chi connectivity index (χ1) is 12.5. The maximum Gasteiger partial charge on any atom is 0.243 e. The zero-order valence-electron chi connectivity index (χ0n) is 17.6.